The van der Waals surface area contributed by atoms with Crippen molar-refractivity contribution in [3.8, 4) is 0 Å². The third kappa shape index (κ3) is 5.46. The number of benzene rings is 2. The van der Waals surface area contributed by atoms with Gasteiger partial charge in [-0.25, -0.2) is 4.98 Å². The van der Waals surface area contributed by atoms with Crippen LogP contribution in [-0.4, -0.2) is 29.5 Å². The minimum Gasteiger partial charge on any atom is -0.345 e. The van der Waals surface area contributed by atoms with E-state index in [1.54, 1.807) is 6.33 Å². The van der Waals surface area contributed by atoms with Crippen molar-refractivity contribution in [1.82, 2.24) is 20.6 Å². The lowest BCUT2D eigenvalue weighted by molar-refractivity contribution is -0.121. The highest BCUT2D eigenvalue weighted by molar-refractivity contribution is 5.85. The number of H-pyrrole nitrogens is 1. The third-order valence-corrected chi connectivity index (χ3v) is 4.05. The highest BCUT2D eigenvalue weighted by Gasteiger charge is 2.17. The smallest absolute Gasteiger partial charge is 0.220 e. The highest BCUT2D eigenvalue weighted by atomic mass is 35.5. The van der Waals surface area contributed by atoms with E-state index >= 15 is 0 Å². The summed E-state index contributed by atoms with van der Waals surface area (Å²) >= 11 is 0. The molecule has 3 aromatic rings. The molecule has 1 amide bonds. The number of nitrogens with zero attached hydrogens (tertiary/aromatic N) is 1. The lowest BCUT2D eigenvalue weighted by Gasteiger charge is -2.20. The molecule has 1 atom stereocenters. The molecule has 0 saturated heterocycles. The average molecular weight is 395 g/mol. The number of aromatic amines is 1. The van der Waals surface area contributed by atoms with Crippen LogP contribution < -0.4 is 10.6 Å². The molecule has 3 N–H and O–H groups in total. The fourth-order valence-electron chi connectivity index (χ4n) is 2.80. The van der Waals surface area contributed by atoms with Crippen molar-refractivity contribution in [2.75, 3.05) is 13.6 Å². The number of amides is 1. The summed E-state index contributed by atoms with van der Waals surface area (Å²) in [4.78, 5) is 19.7. The molecule has 1 aromatic heterocycles. The van der Waals surface area contributed by atoms with Gasteiger partial charge < -0.3 is 15.6 Å². The summed E-state index contributed by atoms with van der Waals surface area (Å²) in [7, 11) is 1.89. The fraction of sp³-hybridized carbons (Fsp3) is 0.263. The molecule has 7 heteroatoms. The molecule has 5 nitrogen and oxygen atoms in total. The number of carbonyl (C=O) groups excluding carboxylic acids is 1. The molecule has 0 aliphatic heterocycles. The summed E-state index contributed by atoms with van der Waals surface area (Å²) in [6.45, 7) is 0.837. The zero-order valence-electron chi connectivity index (χ0n) is 14.6. The molecular formula is C19H24Cl2N4O. The predicted octanol–water partition coefficient (Wildman–Crippen LogP) is 3.61. The minimum atomic E-state index is -0.166. The summed E-state index contributed by atoms with van der Waals surface area (Å²) in [5.74, 6) is 0.0591. The van der Waals surface area contributed by atoms with Crippen LogP contribution in [0.15, 0.2) is 54.9 Å². The summed E-state index contributed by atoms with van der Waals surface area (Å²) in [5.41, 5.74) is 4.00. The minimum absolute atomic E-state index is 0. The number of aromatic nitrogens is 2. The Morgan fingerprint density at radius 1 is 1.12 bits per heavy atom. The first-order valence-electron chi connectivity index (χ1n) is 8.20. The first kappa shape index (κ1) is 22.0. The average Bonchev–Trinajstić information content (AvgIpc) is 3.08. The summed E-state index contributed by atoms with van der Waals surface area (Å²) in [6, 6.07) is 15.9. The lowest BCUT2D eigenvalue weighted by Crippen LogP contribution is -2.29. The number of rotatable bonds is 7. The van der Waals surface area contributed by atoms with E-state index < -0.39 is 0 Å². The fourth-order valence-corrected chi connectivity index (χ4v) is 2.80. The maximum atomic E-state index is 12.3. The molecule has 0 radical (unpaired) electrons. The van der Waals surface area contributed by atoms with Crippen LogP contribution >= 0.6 is 24.8 Å². The molecule has 3 rings (SSSR count). The van der Waals surface area contributed by atoms with Gasteiger partial charge in [0.25, 0.3) is 0 Å². The summed E-state index contributed by atoms with van der Waals surface area (Å²) < 4.78 is 0. The lowest BCUT2D eigenvalue weighted by atomic mass is 9.98. The van der Waals surface area contributed by atoms with Gasteiger partial charge in [0.2, 0.25) is 5.91 Å². The van der Waals surface area contributed by atoms with Gasteiger partial charge in [-0.3, -0.25) is 4.79 Å². The van der Waals surface area contributed by atoms with Crippen LogP contribution in [0.4, 0.5) is 0 Å². The number of nitrogens with one attached hydrogen (secondary N) is 3. The van der Waals surface area contributed by atoms with Crippen molar-refractivity contribution < 1.29 is 4.79 Å². The zero-order chi connectivity index (χ0) is 16.8. The topological polar surface area (TPSA) is 69.8 Å². The van der Waals surface area contributed by atoms with Gasteiger partial charge in [0.05, 0.1) is 23.4 Å². The maximum absolute atomic E-state index is 12.3. The maximum Gasteiger partial charge on any atom is 0.220 e. The van der Waals surface area contributed by atoms with E-state index in [-0.39, 0.29) is 36.8 Å². The van der Waals surface area contributed by atoms with Gasteiger partial charge >= 0.3 is 0 Å². The van der Waals surface area contributed by atoms with E-state index in [2.05, 4.69) is 20.6 Å². The number of fused-ring (bicyclic) bond motifs is 1. The molecule has 0 aliphatic rings. The Kier molecular flexibility index (Phi) is 9.13. The molecular weight excluding hydrogens is 371 g/mol. The quantitative estimate of drug-likeness (QED) is 0.536. The Hall–Kier alpha value is -2.08. The highest BCUT2D eigenvalue weighted by Crippen LogP contribution is 2.24. The van der Waals surface area contributed by atoms with E-state index in [0.29, 0.717) is 6.42 Å². The Bertz CT molecular complexity index is 807. The van der Waals surface area contributed by atoms with E-state index in [1.165, 1.54) is 0 Å². The van der Waals surface area contributed by atoms with Gasteiger partial charge in [-0.15, -0.1) is 24.8 Å². The molecule has 140 valence electrons. The summed E-state index contributed by atoms with van der Waals surface area (Å²) in [5, 5.41) is 6.23. The predicted molar refractivity (Wildman–Crippen MR) is 110 cm³/mol. The van der Waals surface area contributed by atoms with Crippen LogP contribution in [0.3, 0.4) is 0 Å². The second kappa shape index (κ2) is 10.8. The number of halogens is 2. The van der Waals surface area contributed by atoms with Crippen molar-refractivity contribution in [3.63, 3.8) is 0 Å². The largest absolute Gasteiger partial charge is 0.345 e. The Morgan fingerprint density at radius 2 is 1.88 bits per heavy atom. The summed E-state index contributed by atoms with van der Waals surface area (Å²) in [6.07, 6.45) is 3.02. The Labute approximate surface area is 165 Å². The van der Waals surface area contributed by atoms with Crippen molar-refractivity contribution in [3.05, 3.63) is 66.0 Å². The van der Waals surface area contributed by atoms with Crippen LogP contribution in [0.5, 0.6) is 0 Å². The van der Waals surface area contributed by atoms with Crippen LogP contribution in [0.2, 0.25) is 0 Å². The Morgan fingerprint density at radius 3 is 2.62 bits per heavy atom. The number of imidazole rings is 1. The second-order valence-electron chi connectivity index (χ2n) is 5.80. The monoisotopic (exact) mass is 394 g/mol. The standard InChI is InChI=1S/C19H22N4O.2ClH/c1-20-11-5-8-18(24)23-19(14-6-3-2-4-7-14)15-9-10-16-17(12-15)22-13-21-16;;/h2-4,6-7,9-10,12-13,19-20H,5,8,11H2,1H3,(H,21,22)(H,23,24);2*1H. The zero-order valence-corrected chi connectivity index (χ0v) is 16.2. The van der Waals surface area contributed by atoms with Crippen LogP contribution in [0.1, 0.15) is 30.0 Å². The molecule has 26 heavy (non-hydrogen) atoms. The number of carbonyl (C=O) groups is 1. The van der Waals surface area contributed by atoms with Crippen molar-refractivity contribution in [1.29, 1.82) is 0 Å². The van der Waals surface area contributed by atoms with Gasteiger partial charge in [0.1, 0.15) is 0 Å². The van der Waals surface area contributed by atoms with Gasteiger partial charge in [0.15, 0.2) is 0 Å². The van der Waals surface area contributed by atoms with E-state index in [1.807, 2.05) is 55.6 Å². The van der Waals surface area contributed by atoms with Gasteiger partial charge in [-0.1, -0.05) is 36.4 Å². The molecule has 0 bridgehead atoms. The molecule has 0 spiro atoms. The van der Waals surface area contributed by atoms with Crippen LogP contribution in [-0.2, 0) is 4.79 Å². The van der Waals surface area contributed by atoms with Crippen LogP contribution in [0.25, 0.3) is 11.0 Å². The van der Waals surface area contributed by atoms with Crippen LogP contribution in [0, 0.1) is 0 Å². The van der Waals surface area contributed by atoms with Crippen molar-refractivity contribution in [2.24, 2.45) is 0 Å². The molecule has 0 fully saturated rings. The first-order chi connectivity index (χ1) is 11.8. The van der Waals surface area contributed by atoms with Gasteiger partial charge in [-0.2, -0.15) is 0 Å². The second-order valence-corrected chi connectivity index (χ2v) is 5.80. The number of hydrogen-bond donors (Lipinski definition) is 3. The molecule has 0 saturated carbocycles. The number of hydrogen-bond acceptors (Lipinski definition) is 3. The van der Waals surface area contributed by atoms with Gasteiger partial charge in [-0.05, 0) is 43.3 Å². The molecule has 0 aliphatic carbocycles. The molecule has 2 aromatic carbocycles. The SMILES string of the molecule is CNCCCC(=O)NC(c1ccccc1)c1ccc2nc[nH]c2c1.Cl.Cl. The third-order valence-electron chi connectivity index (χ3n) is 4.05. The van der Waals surface area contributed by atoms with Gasteiger partial charge in [0, 0.05) is 6.42 Å². The first-order valence-corrected chi connectivity index (χ1v) is 8.20. The molecule has 1 heterocycles. The van der Waals surface area contributed by atoms with Crippen molar-refractivity contribution in [2.45, 2.75) is 18.9 Å². The van der Waals surface area contributed by atoms with Crippen molar-refractivity contribution >= 4 is 41.8 Å². The Balaban J connectivity index is 0.00000169. The normalized spacial score (nSPS) is 11.3. The van der Waals surface area contributed by atoms with E-state index in [9.17, 15) is 4.79 Å². The molecule has 1 unspecified atom stereocenters. The van der Waals surface area contributed by atoms with E-state index in [0.717, 1.165) is 35.1 Å². The van der Waals surface area contributed by atoms with E-state index in [4.69, 9.17) is 0 Å².